The van der Waals surface area contributed by atoms with Crippen molar-refractivity contribution in [2.75, 3.05) is 10.6 Å². The van der Waals surface area contributed by atoms with E-state index in [9.17, 15) is 23.3 Å². The Morgan fingerprint density at radius 2 is 1.71 bits per heavy atom. The van der Waals surface area contributed by atoms with Gasteiger partial charge in [0.25, 0.3) is 0 Å². The monoisotopic (exact) mass is 446 g/mol. The number of nitrogens with zero attached hydrogens (tertiary/aromatic N) is 4. The third-order valence-corrected chi connectivity index (χ3v) is 5.26. The zero-order valence-corrected chi connectivity index (χ0v) is 16.6. The number of para-hydroxylation sites is 1. The molecule has 0 atom stereocenters. The van der Waals surface area contributed by atoms with Gasteiger partial charge in [-0.05, 0) is 42.8 Å². The number of hydrogen-bond acceptors (Lipinski definition) is 8. The number of aromatic nitrogens is 3. The molecule has 0 amide bonds. The average molecular weight is 446 g/mol. The summed E-state index contributed by atoms with van der Waals surface area (Å²) < 4.78 is 39.1. The molecule has 158 valence electrons. The summed E-state index contributed by atoms with van der Waals surface area (Å²) in [6.45, 7) is 1.91. The fourth-order valence-electron chi connectivity index (χ4n) is 2.85. The largest absolute Gasteiger partial charge is 0.416 e. The number of hydrogen-bond donors (Lipinski definition) is 2. The summed E-state index contributed by atoms with van der Waals surface area (Å²) in [4.78, 5) is 23.3. The molecule has 2 heterocycles. The van der Waals surface area contributed by atoms with Crippen molar-refractivity contribution in [3.63, 3.8) is 0 Å². The summed E-state index contributed by atoms with van der Waals surface area (Å²) in [5, 5.41) is 17.7. The number of nitrogens with one attached hydrogen (secondary N) is 2. The number of nitro groups is 1. The van der Waals surface area contributed by atoms with Crippen LogP contribution in [-0.4, -0.2) is 19.9 Å². The molecule has 4 aromatic rings. The van der Waals surface area contributed by atoms with Gasteiger partial charge in [0.15, 0.2) is 5.13 Å². The molecule has 0 aliphatic carbocycles. The molecule has 31 heavy (non-hydrogen) atoms. The van der Waals surface area contributed by atoms with E-state index in [2.05, 4.69) is 25.6 Å². The van der Waals surface area contributed by atoms with Crippen LogP contribution in [0.4, 0.5) is 41.3 Å². The molecule has 2 aromatic heterocycles. The van der Waals surface area contributed by atoms with E-state index in [-0.39, 0.29) is 17.3 Å². The van der Waals surface area contributed by atoms with E-state index in [0.717, 1.165) is 46.4 Å². The third-order valence-electron chi connectivity index (χ3n) is 4.33. The molecule has 0 fully saturated rings. The van der Waals surface area contributed by atoms with Crippen molar-refractivity contribution in [2.45, 2.75) is 13.1 Å². The number of rotatable bonds is 5. The molecule has 0 aliphatic rings. The van der Waals surface area contributed by atoms with Gasteiger partial charge in [-0.3, -0.25) is 10.1 Å². The molecule has 2 aromatic carbocycles. The van der Waals surface area contributed by atoms with E-state index in [1.54, 1.807) is 0 Å². The Hall–Kier alpha value is -3.80. The second-order valence-corrected chi connectivity index (χ2v) is 7.47. The van der Waals surface area contributed by atoms with Gasteiger partial charge >= 0.3 is 11.9 Å². The van der Waals surface area contributed by atoms with E-state index in [0.29, 0.717) is 5.13 Å². The fraction of sp³-hybridized carbons (Fsp3) is 0.105. The number of anilines is 4. The number of benzene rings is 2. The molecule has 0 unspecified atom stereocenters. The molecule has 4 rings (SSSR count). The summed E-state index contributed by atoms with van der Waals surface area (Å²) in [6, 6.07) is 9.76. The predicted octanol–water partition coefficient (Wildman–Crippen LogP) is 5.81. The molecule has 0 saturated heterocycles. The minimum atomic E-state index is -4.48. The number of halogens is 3. The van der Waals surface area contributed by atoms with Crippen LogP contribution in [0, 0.1) is 17.0 Å². The second-order valence-electron chi connectivity index (χ2n) is 6.44. The Bertz CT molecular complexity index is 1270. The maximum Gasteiger partial charge on any atom is 0.416 e. The zero-order valence-electron chi connectivity index (χ0n) is 15.8. The molecule has 0 bridgehead atoms. The van der Waals surface area contributed by atoms with Gasteiger partial charge in [-0.15, -0.1) is 0 Å². The molecule has 0 spiro atoms. The molecular formula is C19H13F3N6O2S. The van der Waals surface area contributed by atoms with Gasteiger partial charge in [-0.1, -0.05) is 23.5 Å². The molecular weight excluding hydrogens is 433 g/mol. The van der Waals surface area contributed by atoms with Crippen LogP contribution in [-0.2, 0) is 6.18 Å². The van der Waals surface area contributed by atoms with Crippen molar-refractivity contribution < 1.29 is 18.1 Å². The zero-order chi connectivity index (χ0) is 22.2. The minimum absolute atomic E-state index is 0.0916. The Kier molecular flexibility index (Phi) is 5.15. The first-order valence-electron chi connectivity index (χ1n) is 8.79. The number of thiazole rings is 1. The lowest BCUT2D eigenvalue weighted by Gasteiger charge is -2.10. The van der Waals surface area contributed by atoms with Gasteiger partial charge in [-0.2, -0.15) is 13.2 Å². The molecule has 0 radical (unpaired) electrons. The predicted molar refractivity (Wildman–Crippen MR) is 111 cm³/mol. The standard InChI is InChI=1S/C19H13F3N6O2S/c1-10-3-2-4-13-14(10)26-18(31-13)27-17-15(28(29)30)16(23-9-24-17)25-12-7-5-11(6-8-12)19(20,21)22/h2-9H,1H3,(H2,23,24,25,26,27). The maximum atomic E-state index is 12.7. The molecule has 2 N–H and O–H groups in total. The van der Waals surface area contributed by atoms with E-state index in [4.69, 9.17) is 0 Å². The summed E-state index contributed by atoms with van der Waals surface area (Å²) in [6.07, 6.45) is -3.37. The maximum absolute atomic E-state index is 12.7. The minimum Gasteiger partial charge on any atom is -0.334 e. The van der Waals surface area contributed by atoms with Crippen LogP contribution in [0.1, 0.15) is 11.1 Å². The summed E-state index contributed by atoms with van der Waals surface area (Å²) in [5.74, 6) is -0.259. The van der Waals surface area contributed by atoms with Crippen molar-refractivity contribution in [2.24, 2.45) is 0 Å². The number of aryl methyl sites for hydroxylation is 1. The van der Waals surface area contributed by atoms with Gasteiger partial charge in [0.2, 0.25) is 11.6 Å². The molecule has 8 nitrogen and oxygen atoms in total. The van der Waals surface area contributed by atoms with Crippen LogP contribution in [0.5, 0.6) is 0 Å². The third kappa shape index (κ3) is 4.23. The highest BCUT2D eigenvalue weighted by molar-refractivity contribution is 7.22. The van der Waals surface area contributed by atoms with Gasteiger partial charge in [0.1, 0.15) is 6.33 Å². The fourth-order valence-corrected chi connectivity index (χ4v) is 3.80. The van der Waals surface area contributed by atoms with E-state index < -0.39 is 22.4 Å². The highest BCUT2D eigenvalue weighted by atomic mass is 32.1. The first-order chi connectivity index (χ1) is 14.7. The Morgan fingerprint density at radius 3 is 2.32 bits per heavy atom. The van der Waals surface area contributed by atoms with Crippen molar-refractivity contribution in [1.29, 1.82) is 0 Å². The lowest BCUT2D eigenvalue weighted by molar-refractivity contribution is -0.383. The Morgan fingerprint density at radius 1 is 1.03 bits per heavy atom. The Balaban J connectivity index is 1.66. The van der Waals surface area contributed by atoms with Crippen LogP contribution in [0.3, 0.4) is 0 Å². The van der Waals surface area contributed by atoms with Crippen molar-refractivity contribution in [1.82, 2.24) is 15.0 Å². The highest BCUT2D eigenvalue weighted by Crippen LogP contribution is 2.36. The van der Waals surface area contributed by atoms with E-state index >= 15 is 0 Å². The SMILES string of the molecule is Cc1cccc2sc(Nc3ncnc(Nc4ccc(C(F)(F)F)cc4)c3[N+](=O)[O-])nc12. The summed E-state index contributed by atoms with van der Waals surface area (Å²) in [7, 11) is 0. The smallest absolute Gasteiger partial charge is 0.334 e. The van der Waals surface area contributed by atoms with Gasteiger partial charge in [-0.25, -0.2) is 15.0 Å². The second kappa shape index (κ2) is 7.80. The van der Waals surface area contributed by atoms with E-state index in [1.165, 1.54) is 11.3 Å². The summed E-state index contributed by atoms with van der Waals surface area (Å²) in [5.41, 5.74) is 0.650. The topological polar surface area (TPSA) is 106 Å². The van der Waals surface area contributed by atoms with Crippen molar-refractivity contribution >= 4 is 49.7 Å². The first kappa shape index (κ1) is 20.5. The first-order valence-corrected chi connectivity index (χ1v) is 9.61. The van der Waals surface area contributed by atoms with Crippen molar-refractivity contribution in [3.8, 4) is 0 Å². The Labute approximate surface area is 177 Å². The van der Waals surface area contributed by atoms with Crippen LogP contribution >= 0.6 is 11.3 Å². The summed E-state index contributed by atoms with van der Waals surface area (Å²) >= 11 is 1.31. The van der Waals surface area contributed by atoms with Crippen LogP contribution in [0.15, 0.2) is 48.8 Å². The number of alkyl halides is 3. The molecule has 0 aliphatic heterocycles. The quantitative estimate of drug-likeness (QED) is 0.294. The molecule has 12 heteroatoms. The normalized spacial score (nSPS) is 11.5. The van der Waals surface area contributed by atoms with E-state index in [1.807, 2.05) is 25.1 Å². The van der Waals surface area contributed by atoms with Crippen LogP contribution in [0.2, 0.25) is 0 Å². The van der Waals surface area contributed by atoms with Crippen molar-refractivity contribution in [3.05, 3.63) is 70.0 Å². The number of fused-ring (bicyclic) bond motifs is 1. The lowest BCUT2D eigenvalue weighted by atomic mass is 10.2. The van der Waals surface area contributed by atoms with Crippen LogP contribution < -0.4 is 10.6 Å². The average Bonchev–Trinajstić information content (AvgIpc) is 3.11. The van der Waals surface area contributed by atoms with Gasteiger partial charge in [0.05, 0.1) is 20.7 Å². The van der Waals surface area contributed by atoms with Crippen LogP contribution in [0.25, 0.3) is 10.2 Å². The highest BCUT2D eigenvalue weighted by Gasteiger charge is 2.30. The lowest BCUT2D eigenvalue weighted by Crippen LogP contribution is -2.06. The van der Waals surface area contributed by atoms with Gasteiger partial charge < -0.3 is 10.6 Å². The molecule has 0 saturated carbocycles. The van der Waals surface area contributed by atoms with Gasteiger partial charge in [0, 0.05) is 5.69 Å².